The van der Waals surface area contributed by atoms with E-state index >= 15 is 0 Å². The molecule has 0 N–H and O–H groups in total. The standard InChI is InChI=1S/C30H31N3O3/c1-20-30(25-14-24(36-2)11-12-27(25)32(20)16-21-7-4-3-5-8-21)28(34)19-31-15-22-13-23(18-31)26-9-6-10-29(35)33(26)17-22/h3-12,14,22-23H,13,15-19H2,1-2H3/t22-,23-/m0/s1. The number of carbonyl (C=O) groups is 1. The van der Waals surface area contributed by atoms with Gasteiger partial charge in [-0.1, -0.05) is 36.4 Å². The van der Waals surface area contributed by atoms with Gasteiger partial charge >= 0.3 is 0 Å². The zero-order chi connectivity index (χ0) is 24.8. The number of fused-ring (bicyclic) bond motifs is 5. The van der Waals surface area contributed by atoms with Gasteiger partial charge in [0.15, 0.2) is 5.78 Å². The Morgan fingerprint density at radius 2 is 1.83 bits per heavy atom. The SMILES string of the molecule is COc1ccc2c(c1)c(C(=O)CN1C[C@@H]3C[C@@H](C1)c1cccc(=O)n1C3)c(C)n2Cc1ccccc1. The fourth-order valence-corrected chi connectivity index (χ4v) is 6.32. The van der Waals surface area contributed by atoms with Gasteiger partial charge < -0.3 is 13.9 Å². The second-order valence-electron chi connectivity index (χ2n) is 10.2. The number of aromatic nitrogens is 2. The highest BCUT2D eigenvalue weighted by Crippen LogP contribution is 2.36. The average Bonchev–Trinajstić information content (AvgIpc) is 3.15. The van der Waals surface area contributed by atoms with Gasteiger partial charge in [0.05, 0.1) is 13.7 Å². The van der Waals surface area contributed by atoms with E-state index in [1.165, 1.54) is 5.56 Å². The van der Waals surface area contributed by atoms with Crippen molar-refractivity contribution in [2.75, 3.05) is 26.7 Å². The first-order valence-electron chi connectivity index (χ1n) is 12.7. The van der Waals surface area contributed by atoms with Crippen LogP contribution in [0, 0.1) is 12.8 Å². The molecule has 2 aliphatic heterocycles. The Kier molecular flexibility index (Phi) is 5.76. The van der Waals surface area contributed by atoms with Crippen molar-refractivity contribution in [3.8, 4) is 5.75 Å². The molecule has 0 aliphatic carbocycles. The minimum atomic E-state index is 0.0857. The third kappa shape index (κ3) is 3.95. The number of carbonyl (C=O) groups excluding carboxylic acids is 1. The lowest BCUT2D eigenvalue weighted by atomic mass is 9.83. The fourth-order valence-electron chi connectivity index (χ4n) is 6.32. The Morgan fingerprint density at radius 3 is 2.64 bits per heavy atom. The first-order chi connectivity index (χ1) is 17.5. The molecule has 6 heteroatoms. The van der Waals surface area contributed by atoms with Crippen molar-refractivity contribution in [2.24, 2.45) is 5.92 Å². The molecule has 0 spiro atoms. The number of ketones is 1. The van der Waals surface area contributed by atoms with Gasteiger partial charge in [-0.25, -0.2) is 0 Å². The van der Waals surface area contributed by atoms with Crippen molar-refractivity contribution in [3.05, 3.63) is 99.6 Å². The fraction of sp³-hybridized carbons (Fsp3) is 0.333. The highest BCUT2D eigenvalue weighted by molar-refractivity contribution is 6.10. The molecule has 2 atom stereocenters. The van der Waals surface area contributed by atoms with E-state index in [1.54, 1.807) is 13.2 Å². The van der Waals surface area contributed by atoms with Gasteiger partial charge in [-0.3, -0.25) is 14.5 Å². The number of methoxy groups -OCH3 is 1. The average molecular weight is 482 g/mol. The Bertz CT molecular complexity index is 1500. The van der Waals surface area contributed by atoms with Crippen molar-refractivity contribution in [1.29, 1.82) is 0 Å². The molecule has 2 aromatic heterocycles. The Hall–Kier alpha value is -3.64. The van der Waals surface area contributed by atoms with Gasteiger partial charge in [-0.15, -0.1) is 0 Å². The summed E-state index contributed by atoms with van der Waals surface area (Å²) in [5, 5.41) is 0.946. The summed E-state index contributed by atoms with van der Waals surface area (Å²) >= 11 is 0. The van der Waals surface area contributed by atoms with Crippen molar-refractivity contribution in [2.45, 2.75) is 32.4 Å². The van der Waals surface area contributed by atoms with Gasteiger partial charge in [0, 0.05) is 66.0 Å². The molecule has 0 amide bonds. The molecular formula is C30H31N3O3. The predicted octanol–water partition coefficient (Wildman–Crippen LogP) is 4.47. The lowest BCUT2D eigenvalue weighted by molar-refractivity contribution is 0.0818. The summed E-state index contributed by atoms with van der Waals surface area (Å²) in [5.41, 5.74) is 5.21. The van der Waals surface area contributed by atoms with Gasteiger partial charge in [0.25, 0.3) is 5.56 Å². The summed E-state index contributed by atoms with van der Waals surface area (Å²) < 4.78 is 9.69. The van der Waals surface area contributed by atoms with E-state index in [0.717, 1.165) is 59.7 Å². The smallest absolute Gasteiger partial charge is 0.250 e. The van der Waals surface area contributed by atoms with Crippen LogP contribution in [-0.4, -0.2) is 46.6 Å². The normalized spacial score (nSPS) is 19.3. The van der Waals surface area contributed by atoms with Crippen LogP contribution in [0.15, 0.2) is 71.5 Å². The van der Waals surface area contributed by atoms with Crippen LogP contribution in [0.3, 0.4) is 0 Å². The summed E-state index contributed by atoms with van der Waals surface area (Å²) in [6, 6.07) is 21.9. The largest absolute Gasteiger partial charge is 0.497 e. The topological polar surface area (TPSA) is 56.5 Å². The highest BCUT2D eigenvalue weighted by atomic mass is 16.5. The molecule has 184 valence electrons. The van der Waals surface area contributed by atoms with Crippen molar-refractivity contribution >= 4 is 16.7 Å². The number of hydrogen-bond donors (Lipinski definition) is 0. The van der Waals surface area contributed by atoms with E-state index in [1.807, 2.05) is 41.0 Å². The van der Waals surface area contributed by atoms with Crippen molar-refractivity contribution in [3.63, 3.8) is 0 Å². The second-order valence-corrected chi connectivity index (χ2v) is 10.2. The molecule has 6 nitrogen and oxygen atoms in total. The summed E-state index contributed by atoms with van der Waals surface area (Å²) in [6.45, 7) is 5.53. The monoisotopic (exact) mass is 481 g/mol. The lowest BCUT2D eigenvalue weighted by Crippen LogP contribution is -2.48. The number of benzene rings is 2. The Morgan fingerprint density at radius 1 is 1.00 bits per heavy atom. The number of ether oxygens (including phenoxy) is 1. The van der Waals surface area contributed by atoms with Crippen LogP contribution >= 0.6 is 0 Å². The number of nitrogens with zero attached hydrogens (tertiary/aromatic N) is 3. The summed E-state index contributed by atoms with van der Waals surface area (Å²) in [5.74, 6) is 1.58. The molecule has 2 aliphatic rings. The molecule has 36 heavy (non-hydrogen) atoms. The molecule has 4 aromatic rings. The summed E-state index contributed by atoms with van der Waals surface area (Å²) in [4.78, 5) is 28.5. The number of rotatable bonds is 6. The quantitative estimate of drug-likeness (QED) is 0.382. The van der Waals surface area contributed by atoms with Crippen molar-refractivity contribution in [1.82, 2.24) is 14.0 Å². The number of likely N-dealkylation sites (tertiary alicyclic amines) is 1. The van der Waals surface area contributed by atoms with E-state index in [4.69, 9.17) is 4.74 Å². The molecule has 1 saturated heterocycles. The van der Waals surface area contributed by atoms with Gasteiger partial charge in [0.2, 0.25) is 0 Å². The van der Waals surface area contributed by atoms with Gasteiger partial charge in [-0.05, 0) is 49.1 Å². The predicted molar refractivity (Wildman–Crippen MR) is 141 cm³/mol. The van der Waals surface area contributed by atoms with Gasteiger partial charge in [0.1, 0.15) is 5.75 Å². The minimum Gasteiger partial charge on any atom is -0.497 e. The van der Waals surface area contributed by atoms with Crippen LogP contribution in [0.5, 0.6) is 5.75 Å². The maximum Gasteiger partial charge on any atom is 0.250 e. The maximum absolute atomic E-state index is 13.9. The van der Waals surface area contributed by atoms with E-state index < -0.39 is 0 Å². The number of hydrogen-bond acceptors (Lipinski definition) is 4. The molecule has 0 saturated carbocycles. The molecular weight excluding hydrogens is 450 g/mol. The molecule has 2 aromatic carbocycles. The van der Waals surface area contributed by atoms with Crippen LogP contribution in [0.4, 0.5) is 0 Å². The minimum absolute atomic E-state index is 0.0857. The third-order valence-electron chi connectivity index (χ3n) is 7.92. The molecule has 0 radical (unpaired) electrons. The third-order valence-corrected chi connectivity index (χ3v) is 7.92. The van der Waals surface area contributed by atoms with Crippen LogP contribution in [0.2, 0.25) is 0 Å². The Balaban J connectivity index is 1.32. The summed E-state index contributed by atoms with van der Waals surface area (Å²) in [6.07, 6.45) is 1.08. The first kappa shape index (κ1) is 22.8. The van der Waals surface area contributed by atoms with Crippen LogP contribution in [0.25, 0.3) is 10.9 Å². The Labute approximate surface area is 210 Å². The lowest BCUT2D eigenvalue weighted by Gasteiger charge is -2.42. The zero-order valence-electron chi connectivity index (χ0n) is 20.8. The number of Topliss-reactive ketones (excluding diaryl/α,β-unsaturated/α-hetero) is 1. The first-order valence-corrected chi connectivity index (χ1v) is 12.7. The van der Waals surface area contributed by atoms with Crippen molar-refractivity contribution < 1.29 is 9.53 Å². The van der Waals surface area contributed by atoms with E-state index in [-0.39, 0.29) is 11.3 Å². The zero-order valence-corrected chi connectivity index (χ0v) is 20.8. The van der Waals surface area contributed by atoms with E-state index in [9.17, 15) is 9.59 Å². The molecule has 1 fully saturated rings. The number of pyridine rings is 1. The summed E-state index contributed by atoms with van der Waals surface area (Å²) in [7, 11) is 1.66. The maximum atomic E-state index is 13.9. The van der Waals surface area contributed by atoms with Crippen LogP contribution in [0.1, 0.15) is 39.6 Å². The molecule has 0 unspecified atom stereocenters. The van der Waals surface area contributed by atoms with E-state index in [0.29, 0.717) is 24.9 Å². The highest BCUT2D eigenvalue weighted by Gasteiger charge is 2.35. The van der Waals surface area contributed by atoms with Crippen LogP contribution in [-0.2, 0) is 13.1 Å². The number of piperidine rings is 1. The molecule has 4 heterocycles. The molecule has 2 bridgehead atoms. The van der Waals surface area contributed by atoms with Gasteiger partial charge in [-0.2, -0.15) is 0 Å². The van der Waals surface area contributed by atoms with E-state index in [2.05, 4.69) is 40.7 Å². The van der Waals surface area contributed by atoms with Crippen LogP contribution < -0.4 is 10.3 Å². The molecule has 6 rings (SSSR count). The second kappa shape index (κ2) is 9.10.